The van der Waals surface area contributed by atoms with Gasteiger partial charge in [0.15, 0.2) is 0 Å². The first kappa shape index (κ1) is 28.7. The minimum atomic E-state index is -0.209. The van der Waals surface area contributed by atoms with Crippen molar-refractivity contribution in [3.05, 3.63) is 120 Å². The lowest BCUT2D eigenvalue weighted by Crippen LogP contribution is -2.37. The Morgan fingerprint density at radius 1 is 0.767 bits per heavy atom. The molecule has 6 nitrogen and oxygen atoms in total. The number of hydrogen-bond donors (Lipinski definition) is 2. The Balaban J connectivity index is 1.16. The second-order valence-corrected chi connectivity index (χ2v) is 11.6. The molecule has 1 atom stereocenters. The molecule has 0 saturated carbocycles. The van der Waals surface area contributed by atoms with Crippen molar-refractivity contribution >= 4 is 23.2 Å². The van der Waals surface area contributed by atoms with E-state index in [9.17, 15) is 9.59 Å². The maximum atomic E-state index is 13.5. The van der Waals surface area contributed by atoms with Crippen LogP contribution in [0.25, 0.3) is 11.1 Å². The van der Waals surface area contributed by atoms with E-state index in [0.717, 1.165) is 68.6 Å². The molecule has 2 aliphatic rings. The Bertz CT molecular complexity index is 1510. The van der Waals surface area contributed by atoms with Crippen LogP contribution >= 0.6 is 0 Å². The topological polar surface area (TPSA) is 70.7 Å². The van der Waals surface area contributed by atoms with Crippen molar-refractivity contribution in [1.29, 1.82) is 0 Å². The van der Waals surface area contributed by atoms with Gasteiger partial charge in [0, 0.05) is 43.2 Å². The molecular weight excluding hydrogens is 534 g/mol. The monoisotopic (exact) mass is 573 g/mol. The van der Waals surface area contributed by atoms with Crippen LogP contribution < -0.4 is 15.5 Å². The molecule has 6 rings (SSSR count). The zero-order valence-corrected chi connectivity index (χ0v) is 24.5. The molecule has 220 valence electrons. The molecule has 0 radical (unpaired) electrons. The second-order valence-electron chi connectivity index (χ2n) is 11.6. The van der Waals surface area contributed by atoms with E-state index in [1.165, 1.54) is 5.56 Å². The van der Waals surface area contributed by atoms with Crippen molar-refractivity contribution in [2.24, 2.45) is 5.92 Å². The largest absolute Gasteiger partial charge is 0.376 e. The van der Waals surface area contributed by atoms with Crippen LogP contribution in [0.5, 0.6) is 0 Å². The van der Waals surface area contributed by atoms with Gasteiger partial charge in [-0.3, -0.25) is 9.59 Å². The lowest BCUT2D eigenvalue weighted by atomic mass is 9.89. The van der Waals surface area contributed by atoms with Gasteiger partial charge < -0.3 is 20.3 Å². The summed E-state index contributed by atoms with van der Waals surface area (Å²) in [6.45, 7) is 3.02. The summed E-state index contributed by atoms with van der Waals surface area (Å²) in [5.74, 6) is 0.280. The van der Waals surface area contributed by atoms with E-state index < -0.39 is 0 Å². The van der Waals surface area contributed by atoms with Gasteiger partial charge in [0.2, 0.25) is 0 Å². The highest BCUT2D eigenvalue weighted by Crippen LogP contribution is 2.30. The molecule has 4 aromatic rings. The smallest absolute Gasteiger partial charge is 0.255 e. The van der Waals surface area contributed by atoms with E-state index in [4.69, 9.17) is 4.74 Å². The Hall–Kier alpha value is -4.42. The number of piperidine rings is 1. The van der Waals surface area contributed by atoms with Gasteiger partial charge in [-0.05, 0) is 85.0 Å². The van der Waals surface area contributed by atoms with E-state index in [1.807, 2.05) is 72.8 Å². The molecule has 2 fully saturated rings. The Labute approximate surface area is 254 Å². The number of hydrogen-bond acceptors (Lipinski definition) is 4. The van der Waals surface area contributed by atoms with Crippen molar-refractivity contribution in [3.63, 3.8) is 0 Å². The lowest BCUT2D eigenvalue weighted by Gasteiger charge is -2.35. The number of nitrogens with zero attached hydrogens (tertiary/aromatic N) is 1. The van der Waals surface area contributed by atoms with Gasteiger partial charge in [-0.25, -0.2) is 0 Å². The minimum absolute atomic E-state index is 0.0582. The average molecular weight is 574 g/mol. The summed E-state index contributed by atoms with van der Waals surface area (Å²) < 4.78 is 5.73. The maximum Gasteiger partial charge on any atom is 0.255 e. The van der Waals surface area contributed by atoms with Gasteiger partial charge in [-0.1, -0.05) is 72.8 Å². The summed E-state index contributed by atoms with van der Waals surface area (Å²) in [7, 11) is 0. The molecule has 2 amide bonds. The van der Waals surface area contributed by atoms with Crippen LogP contribution in [0.4, 0.5) is 11.4 Å². The summed E-state index contributed by atoms with van der Waals surface area (Å²) >= 11 is 0. The summed E-state index contributed by atoms with van der Waals surface area (Å²) in [5, 5.41) is 6.10. The van der Waals surface area contributed by atoms with Crippen molar-refractivity contribution in [3.8, 4) is 11.1 Å². The molecule has 4 aromatic carbocycles. The number of amides is 2. The molecule has 2 saturated heterocycles. The standard InChI is InChI=1S/C37H39N3O3/c41-36(31-15-13-30(14-16-31)29-10-5-2-6-11-29)39-32-17-18-35(34(25-32)37(42)38-26-33-12-7-23-43-33)40-21-19-28(20-22-40)24-27-8-3-1-4-9-27/h1-6,8-11,13-18,25,28,33H,7,12,19-24,26H2,(H,38,42)(H,39,41). The zero-order valence-electron chi connectivity index (χ0n) is 24.5. The number of rotatable bonds is 9. The van der Waals surface area contributed by atoms with E-state index in [1.54, 1.807) is 0 Å². The van der Waals surface area contributed by atoms with Gasteiger partial charge >= 0.3 is 0 Å². The summed E-state index contributed by atoms with van der Waals surface area (Å²) in [6.07, 6.45) is 5.27. The quantitative estimate of drug-likeness (QED) is 0.227. The number of carbonyl (C=O) groups excluding carboxylic acids is 2. The molecule has 43 heavy (non-hydrogen) atoms. The zero-order chi connectivity index (χ0) is 29.4. The third kappa shape index (κ3) is 7.33. The van der Waals surface area contributed by atoms with E-state index in [-0.39, 0.29) is 17.9 Å². The first-order valence-corrected chi connectivity index (χ1v) is 15.4. The summed E-state index contributed by atoms with van der Waals surface area (Å²) in [6, 6.07) is 34.0. The van der Waals surface area contributed by atoms with Crippen LogP contribution in [0.3, 0.4) is 0 Å². The molecule has 2 heterocycles. The highest BCUT2D eigenvalue weighted by Gasteiger charge is 2.25. The van der Waals surface area contributed by atoms with Crippen LogP contribution in [0.1, 0.15) is 52.0 Å². The number of benzene rings is 4. The first-order valence-electron chi connectivity index (χ1n) is 15.4. The van der Waals surface area contributed by atoms with E-state index in [0.29, 0.717) is 29.3 Å². The molecule has 2 N–H and O–H groups in total. The highest BCUT2D eigenvalue weighted by atomic mass is 16.5. The van der Waals surface area contributed by atoms with Gasteiger partial charge in [-0.15, -0.1) is 0 Å². The second kappa shape index (κ2) is 13.7. The fraction of sp³-hybridized carbons (Fsp3) is 0.297. The highest BCUT2D eigenvalue weighted by molar-refractivity contribution is 6.06. The predicted octanol–water partition coefficient (Wildman–Crippen LogP) is 6.97. The molecule has 0 aromatic heterocycles. The Morgan fingerprint density at radius 2 is 1.47 bits per heavy atom. The SMILES string of the molecule is O=C(Nc1ccc(N2CCC(Cc3ccccc3)CC2)c(C(=O)NCC2CCCO2)c1)c1ccc(-c2ccccc2)cc1. The molecular formula is C37H39N3O3. The molecule has 0 aliphatic carbocycles. The number of nitrogens with one attached hydrogen (secondary N) is 2. The number of anilines is 2. The first-order chi connectivity index (χ1) is 21.1. The van der Waals surface area contributed by atoms with Crippen molar-refractivity contribution in [2.45, 2.75) is 38.2 Å². The van der Waals surface area contributed by atoms with Crippen LogP contribution in [0.15, 0.2) is 103 Å². The predicted molar refractivity (Wildman–Crippen MR) is 173 cm³/mol. The van der Waals surface area contributed by atoms with Gasteiger partial charge in [-0.2, -0.15) is 0 Å². The molecule has 1 unspecified atom stereocenters. The number of ether oxygens (including phenoxy) is 1. The minimum Gasteiger partial charge on any atom is -0.376 e. The summed E-state index contributed by atoms with van der Waals surface area (Å²) in [4.78, 5) is 29.0. The van der Waals surface area contributed by atoms with Crippen molar-refractivity contribution in [1.82, 2.24) is 5.32 Å². The van der Waals surface area contributed by atoms with Crippen LogP contribution in [0.2, 0.25) is 0 Å². The fourth-order valence-electron chi connectivity index (χ4n) is 6.15. The lowest BCUT2D eigenvalue weighted by molar-refractivity contribution is 0.0858. The third-order valence-electron chi connectivity index (χ3n) is 8.59. The molecule has 2 aliphatic heterocycles. The normalized spacial score (nSPS) is 17.0. The Morgan fingerprint density at radius 3 is 2.16 bits per heavy atom. The van der Waals surface area contributed by atoms with Crippen LogP contribution in [-0.4, -0.2) is 44.2 Å². The van der Waals surface area contributed by atoms with Crippen LogP contribution in [0, 0.1) is 5.92 Å². The third-order valence-corrected chi connectivity index (χ3v) is 8.59. The van der Waals surface area contributed by atoms with E-state index >= 15 is 0 Å². The average Bonchev–Trinajstić information content (AvgIpc) is 3.59. The van der Waals surface area contributed by atoms with E-state index in [2.05, 4.69) is 45.9 Å². The molecule has 0 bridgehead atoms. The molecule has 0 spiro atoms. The van der Waals surface area contributed by atoms with Gasteiger partial charge in [0.05, 0.1) is 11.7 Å². The van der Waals surface area contributed by atoms with Crippen molar-refractivity contribution < 1.29 is 14.3 Å². The van der Waals surface area contributed by atoms with Crippen LogP contribution in [-0.2, 0) is 11.2 Å². The van der Waals surface area contributed by atoms with Gasteiger partial charge in [0.25, 0.3) is 11.8 Å². The number of carbonyl (C=O) groups is 2. The Kier molecular flexibility index (Phi) is 9.14. The van der Waals surface area contributed by atoms with Gasteiger partial charge in [0.1, 0.15) is 0 Å². The maximum absolute atomic E-state index is 13.5. The fourth-order valence-corrected chi connectivity index (χ4v) is 6.15. The van der Waals surface area contributed by atoms with Crippen molar-refractivity contribution in [2.75, 3.05) is 36.5 Å². The summed E-state index contributed by atoms with van der Waals surface area (Å²) in [5.41, 5.74) is 6.19. The molecule has 6 heteroatoms.